The van der Waals surface area contributed by atoms with Gasteiger partial charge in [-0.05, 0) is 0 Å². The predicted molar refractivity (Wildman–Crippen MR) is 48.6 cm³/mol. The van der Waals surface area contributed by atoms with Crippen LogP contribution in [0.1, 0.15) is 12.8 Å². The lowest BCUT2D eigenvalue weighted by Crippen LogP contribution is -2.39. The fourth-order valence-electron chi connectivity index (χ4n) is 0.619. The van der Waals surface area contributed by atoms with Crippen LogP contribution in [0.3, 0.4) is 0 Å². The Hall–Kier alpha value is -1.85. The molecule has 0 rings (SSSR count). The number of amides is 3. The van der Waals surface area contributed by atoms with E-state index < -0.39 is 17.9 Å². The molecule has 0 aliphatic rings. The number of hydrogen-bond acceptors (Lipinski definition) is 3. The molecule has 0 aromatic carbocycles. The number of carbonyl (C=O) groups is 3. The normalized spacial score (nSPS) is 8.86. The standard InChI is InChI=1S/C8H12N2O4/c1-2-5-9-8(14)10-6(11)3-4-7(12)13/h2H,1,3-5H2,(H,12,13)(H2,9,10,11,14). The Kier molecular flexibility index (Phi) is 5.77. The SMILES string of the molecule is C=CCNC(=O)NC(=O)CCC(=O)O. The third-order valence-electron chi connectivity index (χ3n) is 1.23. The average molecular weight is 200 g/mol. The molecule has 0 aliphatic carbocycles. The van der Waals surface area contributed by atoms with Gasteiger partial charge in [0.15, 0.2) is 0 Å². The highest BCUT2D eigenvalue weighted by Crippen LogP contribution is 1.87. The summed E-state index contributed by atoms with van der Waals surface area (Å²) in [6.45, 7) is 3.61. The van der Waals surface area contributed by atoms with Crippen LogP contribution in [0.25, 0.3) is 0 Å². The number of rotatable bonds is 5. The fraction of sp³-hybridized carbons (Fsp3) is 0.375. The van der Waals surface area contributed by atoms with Gasteiger partial charge < -0.3 is 10.4 Å². The second kappa shape index (κ2) is 6.64. The number of imide groups is 1. The van der Waals surface area contributed by atoms with Crippen molar-refractivity contribution in [2.24, 2.45) is 0 Å². The molecule has 0 heterocycles. The van der Waals surface area contributed by atoms with E-state index in [-0.39, 0.29) is 19.4 Å². The van der Waals surface area contributed by atoms with Crippen LogP contribution < -0.4 is 10.6 Å². The van der Waals surface area contributed by atoms with E-state index >= 15 is 0 Å². The molecule has 0 atom stereocenters. The first-order valence-corrected chi connectivity index (χ1v) is 3.96. The summed E-state index contributed by atoms with van der Waals surface area (Å²) in [6.07, 6.45) is 0.957. The van der Waals surface area contributed by atoms with E-state index in [1.165, 1.54) is 6.08 Å². The van der Waals surface area contributed by atoms with Gasteiger partial charge in [-0.2, -0.15) is 0 Å². The van der Waals surface area contributed by atoms with Gasteiger partial charge in [0.25, 0.3) is 0 Å². The highest BCUT2D eigenvalue weighted by atomic mass is 16.4. The zero-order valence-corrected chi connectivity index (χ0v) is 7.58. The Morgan fingerprint density at radius 3 is 2.43 bits per heavy atom. The summed E-state index contributed by atoms with van der Waals surface area (Å²) in [5, 5.41) is 12.5. The first-order chi connectivity index (χ1) is 6.56. The zero-order chi connectivity index (χ0) is 11.0. The van der Waals surface area contributed by atoms with Gasteiger partial charge in [0.2, 0.25) is 5.91 Å². The monoisotopic (exact) mass is 200 g/mol. The van der Waals surface area contributed by atoms with Gasteiger partial charge >= 0.3 is 12.0 Å². The van der Waals surface area contributed by atoms with Crippen molar-refractivity contribution in [2.75, 3.05) is 6.54 Å². The van der Waals surface area contributed by atoms with Gasteiger partial charge in [0, 0.05) is 13.0 Å². The minimum atomic E-state index is -1.08. The third-order valence-corrected chi connectivity index (χ3v) is 1.23. The molecular formula is C8H12N2O4. The van der Waals surface area contributed by atoms with Crippen LogP contribution in [0.5, 0.6) is 0 Å². The molecule has 0 aliphatic heterocycles. The molecule has 6 heteroatoms. The molecule has 0 aromatic rings. The number of hydrogen-bond donors (Lipinski definition) is 3. The van der Waals surface area contributed by atoms with Crippen LogP contribution >= 0.6 is 0 Å². The maximum Gasteiger partial charge on any atom is 0.321 e. The van der Waals surface area contributed by atoms with Crippen molar-refractivity contribution < 1.29 is 19.5 Å². The van der Waals surface area contributed by atoms with E-state index in [1.807, 2.05) is 5.32 Å². The highest BCUT2D eigenvalue weighted by Gasteiger charge is 2.08. The smallest absolute Gasteiger partial charge is 0.321 e. The number of carboxylic acids is 1. The lowest BCUT2D eigenvalue weighted by atomic mass is 10.3. The second-order valence-electron chi connectivity index (χ2n) is 2.44. The van der Waals surface area contributed by atoms with Crippen molar-refractivity contribution in [3.8, 4) is 0 Å². The summed E-state index contributed by atoms with van der Waals surface area (Å²) < 4.78 is 0. The number of urea groups is 1. The van der Waals surface area contributed by atoms with Crippen LogP contribution in [-0.4, -0.2) is 29.6 Å². The van der Waals surface area contributed by atoms with Crippen molar-refractivity contribution in [2.45, 2.75) is 12.8 Å². The Balaban J connectivity index is 3.65. The summed E-state index contributed by atoms with van der Waals surface area (Å²) in [5.74, 6) is -1.69. The molecule has 0 spiro atoms. The minimum absolute atomic E-state index is 0.211. The van der Waals surface area contributed by atoms with Gasteiger partial charge in [0.05, 0.1) is 6.42 Å². The quantitative estimate of drug-likeness (QED) is 0.538. The molecule has 0 aromatic heterocycles. The molecule has 0 fully saturated rings. The lowest BCUT2D eigenvalue weighted by molar-refractivity contribution is -0.138. The fourth-order valence-corrected chi connectivity index (χ4v) is 0.619. The largest absolute Gasteiger partial charge is 0.481 e. The second-order valence-corrected chi connectivity index (χ2v) is 2.44. The number of aliphatic carboxylic acids is 1. The van der Waals surface area contributed by atoms with Gasteiger partial charge in [-0.3, -0.25) is 14.9 Å². The third kappa shape index (κ3) is 6.84. The van der Waals surface area contributed by atoms with Crippen LogP contribution in [0, 0.1) is 0 Å². The highest BCUT2D eigenvalue weighted by molar-refractivity contribution is 5.95. The van der Waals surface area contributed by atoms with Crippen molar-refractivity contribution in [3.05, 3.63) is 12.7 Å². The molecule has 0 radical (unpaired) electrons. The lowest BCUT2D eigenvalue weighted by Gasteiger charge is -2.03. The Morgan fingerprint density at radius 1 is 1.29 bits per heavy atom. The maximum absolute atomic E-state index is 10.9. The Bertz CT molecular complexity index is 250. The van der Waals surface area contributed by atoms with Crippen LogP contribution in [0.2, 0.25) is 0 Å². The molecule has 6 nitrogen and oxygen atoms in total. The van der Waals surface area contributed by atoms with Crippen molar-refractivity contribution in [1.29, 1.82) is 0 Å². The molecule has 3 amide bonds. The Morgan fingerprint density at radius 2 is 1.93 bits per heavy atom. The molecular weight excluding hydrogens is 188 g/mol. The number of carboxylic acid groups (broad SMARTS) is 1. The van der Waals surface area contributed by atoms with Gasteiger partial charge in [-0.15, -0.1) is 6.58 Å². The molecule has 0 saturated heterocycles. The molecule has 0 bridgehead atoms. The minimum Gasteiger partial charge on any atom is -0.481 e. The van der Waals surface area contributed by atoms with Crippen molar-refractivity contribution in [3.63, 3.8) is 0 Å². The summed E-state index contributed by atoms with van der Waals surface area (Å²) in [4.78, 5) is 31.7. The van der Waals surface area contributed by atoms with Gasteiger partial charge in [-0.1, -0.05) is 6.08 Å². The first kappa shape index (κ1) is 12.2. The molecule has 0 unspecified atom stereocenters. The van der Waals surface area contributed by atoms with Crippen LogP contribution in [0.4, 0.5) is 4.79 Å². The van der Waals surface area contributed by atoms with Crippen molar-refractivity contribution >= 4 is 17.9 Å². The van der Waals surface area contributed by atoms with Crippen LogP contribution in [-0.2, 0) is 9.59 Å². The van der Waals surface area contributed by atoms with E-state index in [4.69, 9.17) is 5.11 Å². The summed E-state index contributed by atoms with van der Waals surface area (Å²) in [5.41, 5.74) is 0. The number of nitrogens with one attached hydrogen (secondary N) is 2. The van der Waals surface area contributed by atoms with Gasteiger partial charge in [-0.25, -0.2) is 4.79 Å². The van der Waals surface area contributed by atoms with Crippen molar-refractivity contribution in [1.82, 2.24) is 10.6 Å². The van der Waals surface area contributed by atoms with E-state index in [0.29, 0.717) is 0 Å². The van der Waals surface area contributed by atoms with E-state index in [9.17, 15) is 14.4 Å². The molecule has 3 N–H and O–H groups in total. The summed E-state index contributed by atoms with van der Waals surface area (Å²) in [6, 6.07) is -0.653. The molecule has 14 heavy (non-hydrogen) atoms. The Labute approximate surface area is 81.0 Å². The van der Waals surface area contributed by atoms with E-state index in [2.05, 4.69) is 11.9 Å². The summed E-state index contributed by atoms with van der Waals surface area (Å²) >= 11 is 0. The number of carbonyl (C=O) groups excluding carboxylic acids is 2. The van der Waals surface area contributed by atoms with Crippen LogP contribution in [0.15, 0.2) is 12.7 Å². The topological polar surface area (TPSA) is 95.5 Å². The maximum atomic E-state index is 10.9. The average Bonchev–Trinajstić information content (AvgIpc) is 2.11. The van der Waals surface area contributed by atoms with E-state index in [1.54, 1.807) is 0 Å². The zero-order valence-electron chi connectivity index (χ0n) is 7.58. The van der Waals surface area contributed by atoms with Gasteiger partial charge in [0.1, 0.15) is 0 Å². The summed E-state index contributed by atoms with van der Waals surface area (Å²) in [7, 11) is 0. The molecule has 78 valence electrons. The first-order valence-electron chi connectivity index (χ1n) is 3.96. The molecule has 0 saturated carbocycles. The predicted octanol–water partition coefficient (Wildman–Crippen LogP) is -0.137. The van der Waals surface area contributed by atoms with E-state index in [0.717, 1.165) is 0 Å².